The summed E-state index contributed by atoms with van der Waals surface area (Å²) in [4.78, 5) is 33.8. The van der Waals surface area contributed by atoms with Gasteiger partial charge in [0.15, 0.2) is 0 Å². The number of nitrogens with zero attached hydrogens (tertiary/aromatic N) is 2. The summed E-state index contributed by atoms with van der Waals surface area (Å²) < 4.78 is 0. The Balaban J connectivity index is 1.84. The van der Waals surface area contributed by atoms with E-state index >= 15 is 0 Å². The molecule has 0 unspecified atom stereocenters. The summed E-state index contributed by atoms with van der Waals surface area (Å²) in [5.74, 6) is 0.394. The topological polar surface area (TPSA) is 78.1 Å². The molecule has 2 N–H and O–H groups in total. The third-order valence-corrected chi connectivity index (χ3v) is 4.90. The van der Waals surface area contributed by atoms with E-state index in [1.807, 2.05) is 19.9 Å². The first-order valence-electron chi connectivity index (χ1n) is 8.88. The summed E-state index contributed by atoms with van der Waals surface area (Å²) >= 11 is 12.1. The minimum Gasteiger partial charge on any atom is -0.317 e. The van der Waals surface area contributed by atoms with Crippen molar-refractivity contribution in [2.75, 3.05) is 11.9 Å². The van der Waals surface area contributed by atoms with Crippen LogP contribution < -0.4 is 10.9 Å². The average molecular weight is 419 g/mol. The number of anilines is 1. The highest BCUT2D eigenvalue weighted by Crippen LogP contribution is 2.20. The Kier molecular flexibility index (Phi) is 6.21. The fraction of sp³-hybridized carbons (Fsp3) is 0.250. The first-order valence-corrected chi connectivity index (χ1v) is 9.63. The fourth-order valence-corrected chi connectivity index (χ4v) is 3.16. The molecule has 2 aromatic carbocycles. The van der Waals surface area contributed by atoms with E-state index in [0.29, 0.717) is 39.0 Å². The number of carbonyl (C=O) groups is 1. The Morgan fingerprint density at radius 2 is 2.00 bits per heavy atom. The zero-order valence-corrected chi connectivity index (χ0v) is 17.1. The Bertz CT molecular complexity index is 1080. The maximum atomic E-state index is 12.7. The largest absolute Gasteiger partial charge is 0.322 e. The lowest BCUT2D eigenvalue weighted by atomic mass is 10.2. The van der Waals surface area contributed by atoms with Gasteiger partial charge in [0, 0.05) is 22.3 Å². The van der Waals surface area contributed by atoms with E-state index in [0.717, 1.165) is 12.0 Å². The highest BCUT2D eigenvalue weighted by Gasteiger charge is 2.16. The molecule has 28 heavy (non-hydrogen) atoms. The molecule has 8 heteroatoms. The number of urea groups is 1. The normalized spacial score (nSPS) is 10.9. The summed E-state index contributed by atoms with van der Waals surface area (Å²) in [6, 6.07) is 9.95. The quantitative estimate of drug-likeness (QED) is 0.612. The van der Waals surface area contributed by atoms with E-state index < -0.39 is 0 Å². The van der Waals surface area contributed by atoms with Crippen molar-refractivity contribution in [3.05, 3.63) is 68.2 Å². The average Bonchev–Trinajstić information content (AvgIpc) is 2.64. The van der Waals surface area contributed by atoms with Crippen LogP contribution in [0.15, 0.2) is 41.2 Å². The number of fused-ring (bicyclic) bond motifs is 1. The molecule has 0 aliphatic heterocycles. The number of amides is 2. The molecular formula is C20H20Cl2N4O2. The maximum absolute atomic E-state index is 12.7. The number of hydrogen-bond donors (Lipinski definition) is 2. The number of rotatable bonds is 5. The molecule has 2 amide bonds. The minimum absolute atomic E-state index is 0.164. The van der Waals surface area contributed by atoms with Gasteiger partial charge in [0.2, 0.25) is 0 Å². The predicted molar refractivity (Wildman–Crippen MR) is 113 cm³/mol. The van der Waals surface area contributed by atoms with Gasteiger partial charge in [-0.25, -0.2) is 9.78 Å². The maximum Gasteiger partial charge on any atom is 0.322 e. The minimum atomic E-state index is -0.296. The van der Waals surface area contributed by atoms with Crippen molar-refractivity contribution in [1.82, 2.24) is 14.9 Å². The van der Waals surface area contributed by atoms with Crippen molar-refractivity contribution in [3.63, 3.8) is 0 Å². The number of aryl methyl sites for hydroxylation is 1. The van der Waals surface area contributed by atoms with Crippen molar-refractivity contribution in [2.45, 2.75) is 26.8 Å². The molecule has 0 spiro atoms. The van der Waals surface area contributed by atoms with Crippen LogP contribution in [0, 0.1) is 6.92 Å². The predicted octanol–water partition coefficient (Wildman–Crippen LogP) is 4.98. The van der Waals surface area contributed by atoms with Crippen LogP contribution in [0.25, 0.3) is 10.9 Å². The van der Waals surface area contributed by atoms with Gasteiger partial charge in [0.25, 0.3) is 5.56 Å². The number of hydrogen-bond acceptors (Lipinski definition) is 3. The molecule has 0 saturated heterocycles. The molecule has 146 valence electrons. The van der Waals surface area contributed by atoms with Gasteiger partial charge in [-0.2, -0.15) is 0 Å². The first kappa shape index (κ1) is 20.2. The summed E-state index contributed by atoms with van der Waals surface area (Å²) in [5, 5.41) is 4.37. The molecule has 1 heterocycles. The lowest BCUT2D eigenvalue weighted by Crippen LogP contribution is -2.36. The van der Waals surface area contributed by atoms with Gasteiger partial charge in [0.05, 0.1) is 17.4 Å². The third kappa shape index (κ3) is 4.64. The Hall–Kier alpha value is -2.57. The monoisotopic (exact) mass is 418 g/mol. The van der Waals surface area contributed by atoms with E-state index in [2.05, 4.69) is 15.3 Å². The van der Waals surface area contributed by atoms with Crippen molar-refractivity contribution >= 4 is 45.8 Å². The molecule has 0 aliphatic rings. The highest BCUT2D eigenvalue weighted by molar-refractivity contribution is 6.31. The van der Waals surface area contributed by atoms with Crippen LogP contribution in [-0.4, -0.2) is 27.4 Å². The van der Waals surface area contributed by atoms with Crippen LogP contribution in [0.2, 0.25) is 10.0 Å². The highest BCUT2D eigenvalue weighted by atomic mass is 35.5. The molecule has 3 aromatic rings. The molecule has 0 saturated carbocycles. The smallest absolute Gasteiger partial charge is 0.317 e. The number of carbonyl (C=O) groups excluding carboxylic acids is 1. The van der Waals surface area contributed by atoms with Crippen molar-refractivity contribution in [1.29, 1.82) is 0 Å². The molecule has 6 nitrogen and oxygen atoms in total. The summed E-state index contributed by atoms with van der Waals surface area (Å²) in [7, 11) is 0. The van der Waals surface area contributed by atoms with Crippen LogP contribution >= 0.6 is 23.2 Å². The molecule has 1 aromatic heterocycles. The van der Waals surface area contributed by atoms with Crippen LogP contribution in [-0.2, 0) is 6.54 Å². The Labute approximate surface area is 172 Å². The van der Waals surface area contributed by atoms with E-state index in [1.165, 1.54) is 0 Å². The zero-order valence-electron chi connectivity index (χ0n) is 15.6. The zero-order chi connectivity index (χ0) is 20.3. The van der Waals surface area contributed by atoms with Gasteiger partial charge in [-0.1, -0.05) is 36.2 Å². The second-order valence-corrected chi connectivity index (χ2v) is 7.33. The van der Waals surface area contributed by atoms with E-state index in [4.69, 9.17) is 23.2 Å². The second-order valence-electron chi connectivity index (χ2n) is 6.49. The van der Waals surface area contributed by atoms with E-state index in [1.54, 1.807) is 35.2 Å². The van der Waals surface area contributed by atoms with Gasteiger partial charge in [-0.3, -0.25) is 4.79 Å². The molecule has 0 aliphatic carbocycles. The second kappa shape index (κ2) is 8.63. The number of H-pyrrole nitrogens is 1. The summed E-state index contributed by atoms with van der Waals surface area (Å²) in [5.41, 5.74) is 1.77. The van der Waals surface area contributed by atoms with Crippen LogP contribution in [0.3, 0.4) is 0 Å². The van der Waals surface area contributed by atoms with Gasteiger partial charge in [-0.05, 0) is 49.2 Å². The molecule has 0 fully saturated rings. The van der Waals surface area contributed by atoms with Crippen molar-refractivity contribution in [2.24, 2.45) is 0 Å². The van der Waals surface area contributed by atoms with E-state index in [-0.39, 0.29) is 18.1 Å². The van der Waals surface area contributed by atoms with Gasteiger partial charge in [0.1, 0.15) is 5.82 Å². The lowest BCUT2D eigenvalue weighted by Gasteiger charge is -2.22. The third-order valence-electron chi connectivity index (χ3n) is 4.26. The van der Waals surface area contributed by atoms with Crippen molar-refractivity contribution < 1.29 is 4.79 Å². The summed E-state index contributed by atoms with van der Waals surface area (Å²) in [6.07, 6.45) is 0.756. The molecule has 0 atom stereocenters. The van der Waals surface area contributed by atoms with Crippen LogP contribution in [0.4, 0.5) is 10.5 Å². The van der Waals surface area contributed by atoms with Gasteiger partial charge < -0.3 is 15.2 Å². The van der Waals surface area contributed by atoms with E-state index in [9.17, 15) is 9.59 Å². The number of aromatic nitrogens is 2. The Morgan fingerprint density at radius 3 is 2.71 bits per heavy atom. The number of aromatic amines is 1. The fourth-order valence-electron chi connectivity index (χ4n) is 2.81. The molecular weight excluding hydrogens is 399 g/mol. The molecule has 3 rings (SSSR count). The van der Waals surface area contributed by atoms with Crippen LogP contribution in [0.5, 0.6) is 0 Å². The number of benzene rings is 2. The lowest BCUT2D eigenvalue weighted by molar-refractivity contribution is 0.207. The van der Waals surface area contributed by atoms with Crippen LogP contribution in [0.1, 0.15) is 24.7 Å². The summed E-state index contributed by atoms with van der Waals surface area (Å²) in [6.45, 7) is 4.53. The first-order chi connectivity index (χ1) is 13.4. The van der Waals surface area contributed by atoms with Crippen molar-refractivity contribution in [3.8, 4) is 0 Å². The molecule has 0 bridgehead atoms. The Morgan fingerprint density at radius 1 is 1.21 bits per heavy atom. The number of nitrogens with one attached hydrogen (secondary N) is 2. The molecule has 0 radical (unpaired) electrons. The standard InChI is InChI=1S/C20H20Cl2N4O2/c1-3-8-26(20(28)23-14-6-4-12(2)16(22)10-14)11-18-24-17-9-13(21)5-7-15(17)19(27)25-18/h4-7,9-10H,3,8,11H2,1-2H3,(H,23,28)(H,24,25,27). The van der Waals surface area contributed by atoms with Gasteiger partial charge in [-0.15, -0.1) is 0 Å². The SMILES string of the molecule is CCCN(Cc1nc2cc(Cl)ccc2c(=O)[nH]1)C(=O)Nc1ccc(C)c(Cl)c1. The van der Waals surface area contributed by atoms with Gasteiger partial charge >= 0.3 is 6.03 Å². The number of halogens is 2.